The summed E-state index contributed by atoms with van der Waals surface area (Å²) in [7, 11) is 0. The number of hydrogen-bond donors (Lipinski definition) is 1. The Morgan fingerprint density at radius 3 is 3.22 bits per heavy atom. The molecule has 1 aromatic heterocycles. The number of ketones is 1. The summed E-state index contributed by atoms with van der Waals surface area (Å²) in [6.07, 6.45) is 5.02. The highest BCUT2D eigenvalue weighted by Gasteiger charge is 2.45. The van der Waals surface area contributed by atoms with Crippen LogP contribution < -0.4 is 5.32 Å². The minimum Gasteiger partial charge on any atom is -0.369 e. The molecule has 0 aliphatic carbocycles. The van der Waals surface area contributed by atoms with Gasteiger partial charge in [-0.1, -0.05) is 6.07 Å². The van der Waals surface area contributed by atoms with E-state index >= 15 is 0 Å². The molecule has 2 aliphatic rings. The number of pyridine rings is 1. The van der Waals surface area contributed by atoms with Crippen LogP contribution in [0.25, 0.3) is 0 Å². The molecule has 3 heterocycles. The van der Waals surface area contributed by atoms with Crippen molar-refractivity contribution in [2.24, 2.45) is 5.41 Å². The molecule has 2 aliphatic heterocycles. The molecule has 1 unspecified atom stereocenters. The van der Waals surface area contributed by atoms with Crippen molar-refractivity contribution in [2.75, 3.05) is 25.0 Å². The topological polar surface area (TPSA) is 69.0 Å². The lowest BCUT2D eigenvalue weighted by Gasteiger charge is -2.24. The van der Waals surface area contributed by atoms with Gasteiger partial charge >= 0.3 is 0 Å². The summed E-state index contributed by atoms with van der Waals surface area (Å²) in [5, 5.41) is 12.2. The van der Waals surface area contributed by atoms with Crippen molar-refractivity contribution in [1.29, 1.82) is 5.26 Å². The quantitative estimate of drug-likeness (QED) is 0.681. The number of hydrogen-bond acceptors (Lipinski definition) is 5. The molecule has 5 heteroatoms. The average Bonchev–Trinajstić information content (AvgIpc) is 2.76. The van der Waals surface area contributed by atoms with Gasteiger partial charge in [0.1, 0.15) is 11.6 Å². The summed E-state index contributed by atoms with van der Waals surface area (Å²) in [5.74, 6) is 1.03. The fraction of sp³-hybridized carbons (Fsp3) is 0.462. The lowest BCUT2D eigenvalue weighted by atomic mass is 9.81. The van der Waals surface area contributed by atoms with Crippen LogP contribution in [0.3, 0.4) is 0 Å². The molecule has 0 radical (unpaired) electrons. The smallest absolute Gasteiger partial charge is 0.179 e. The van der Waals surface area contributed by atoms with E-state index in [0.29, 0.717) is 26.1 Å². The number of nitrogens with zero attached hydrogens (tertiary/aromatic N) is 3. The number of rotatable bonds is 0. The van der Waals surface area contributed by atoms with Crippen LogP contribution in [0, 0.1) is 16.9 Å². The maximum Gasteiger partial charge on any atom is 0.179 e. The fourth-order valence-electron chi connectivity index (χ4n) is 2.78. The van der Waals surface area contributed by atoms with E-state index in [1.807, 2.05) is 12.1 Å². The van der Waals surface area contributed by atoms with Crippen molar-refractivity contribution in [3.63, 3.8) is 0 Å². The molecule has 1 N–H and O–H groups in total. The third kappa shape index (κ3) is 1.61. The van der Waals surface area contributed by atoms with E-state index < -0.39 is 5.41 Å². The number of likely N-dealkylation sites (tertiary alicyclic amines) is 1. The highest BCUT2D eigenvalue weighted by molar-refractivity contribution is 5.90. The molecule has 0 amide bonds. The molecule has 1 spiro atoms. The van der Waals surface area contributed by atoms with Gasteiger partial charge in [0.15, 0.2) is 6.19 Å². The molecule has 5 nitrogen and oxygen atoms in total. The standard InChI is InChI=1S/C13H14N4O/c14-9-17-5-3-13(8-17)7-16-12-10(6-11(13)18)2-1-4-15-12/h1-2,4H,3,5-8H2,(H,15,16). The van der Waals surface area contributed by atoms with Gasteiger partial charge in [0.25, 0.3) is 0 Å². The highest BCUT2D eigenvalue weighted by Crippen LogP contribution is 2.35. The Balaban J connectivity index is 1.90. The molecule has 0 bridgehead atoms. The highest BCUT2D eigenvalue weighted by atomic mass is 16.1. The van der Waals surface area contributed by atoms with Gasteiger partial charge in [0.2, 0.25) is 0 Å². The third-order valence-corrected chi connectivity index (χ3v) is 3.92. The van der Waals surface area contributed by atoms with Gasteiger partial charge in [-0.25, -0.2) is 4.98 Å². The predicted octanol–water partition coefficient (Wildman–Crippen LogP) is 0.792. The molecular weight excluding hydrogens is 228 g/mol. The van der Waals surface area contributed by atoms with Crippen LogP contribution in [0.5, 0.6) is 0 Å². The zero-order valence-corrected chi connectivity index (χ0v) is 10.0. The van der Waals surface area contributed by atoms with Gasteiger partial charge in [0, 0.05) is 37.8 Å². The van der Waals surface area contributed by atoms with Crippen molar-refractivity contribution >= 4 is 11.6 Å². The maximum atomic E-state index is 12.5. The van der Waals surface area contributed by atoms with Crippen molar-refractivity contribution in [1.82, 2.24) is 9.88 Å². The SMILES string of the molecule is N#CN1CCC2(CNc3ncccc3CC2=O)C1. The Hall–Kier alpha value is -2.09. The van der Waals surface area contributed by atoms with Gasteiger partial charge < -0.3 is 10.2 Å². The molecule has 1 aromatic rings. The first-order chi connectivity index (χ1) is 8.73. The summed E-state index contributed by atoms with van der Waals surface area (Å²) in [4.78, 5) is 18.4. The van der Waals surface area contributed by atoms with E-state index in [9.17, 15) is 4.79 Å². The van der Waals surface area contributed by atoms with Gasteiger partial charge in [-0.15, -0.1) is 0 Å². The Kier molecular flexibility index (Phi) is 2.44. The number of carbonyl (C=O) groups is 1. The minimum absolute atomic E-state index is 0.222. The first-order valence-electron chi connectivity index (χ1n) is 6.09. The monoisotopic (exact) mass is 242 g/mol. The van der Waals surface area contributed by atoms with Crippen molar-refractivity contribution in [3.05, 3.63) is 23.9 Å². The second-order valence-corrected chi connectivity index (χ2v) is 5.02. The van der Waals surface area contributed by atoms with Gasteiger partial charge in [-0.05, 0) is 12.5 Å². The van der Waals surface area contributed by atoms with Crippen LogP contribution in [-0.4, -0.2) is 35.3 Å². The maximum absolute atomic E-state index is 12.5. The molecule has 92 valence electrons. The summed E-state index contributed by atoms with van der Waals surface area (Å²) < 4.78 is 0. The molecular formula is C13H14N4O. The number of nitriles is 1. The van der Waals surface area contributed by atoms with E-state index in [1.165, 1.54) is 0 Å². The molecule has 0 aromatic carbocycles. The number of fused-ring (bicyclic) bond motifs is 1. The van der Waals surface area contributed by atoms with Crippen molar-refractivity contribution in [2.45, 2.75) is 12.8 Å². The molecule has 0 saturated carbocycles. The number of anilines is 1. The molecule has 1 fully saturated rings. The van der Waals surface area contributed by atoms with E-state index in [2.05, 4.69) is 16.5 Å². The Morgan fingerprint density at radius 1 is 1.56 bits per heavy atom. The molecule has 3 rings (SSSR count). The van der Waals surface area contributed by atoms with Crippen molar-refractivity contribution in [3.8, 4) is 6.19 Å². The normalized spacial score (nSPS) is 26.4. The lowest BCUT2D eigenvalue weighted by molar-refractivity contribution is -0.126. The zero-order valence-electron chi connectivity index (χ0n) is 10.0. The van der Waals surface area contributed by atoms with E-state index in [0.717, 1.165) is 17.8 Å². The van der Waals surface area contributed by atoms with Crippen LogP contribution in [0.4, 0.5) is 5.82 Å². The minimum atomic E-state index is -0.420. The number of carbonyl (C=O) groups excluding carboxylic acids is 1. The molecule has 1 atom stereocenters. The van der Waals surface area contributed by atoms with Crippen LogP contribution in [0.2, 0.25) is 0 Å². The number of aromatic nitrogens is 1. The summed E-state index contributed by atoms with van der Waals surface area (Å²) in [6, 6.07) is 3.78. The van der Waals surface area contributed by atoms with Crippen LogP contribution in [0.1, 0.15) is 12.0 Å². The first kappa shape index (κ1) is 11.0. The van der Waals surface area contributed by atoms with Gasteiger partial charge in [-0.2, -0.15) is 5.26 Å². The summed E-state index contributed by atoms with van der Waals surface area (Å²) >= 11 is 0. The van der Waals surface area contributed by atoms with Gasteiger partial charge in [0.05, 0.1) is 5.41 Å². The summed E-state index contributed by atoms with van der Waals surface area (Å²) in [5.41, 5.74) is 0.533. The van der Waals surface area contributed by atoms with Crippen LogP contribution in [0.15, 0.2) is 18.3 Å². The second-order valence-electron chi connectivity index (χ2n) is 5.02. The molecule has 1 saturated heterocycles. The van der Waals surface area contributed by atoms with E-state index in [1.54, 1.807) is 11.1 Å². The van der Waals surface area contributed by atoms with Crippen molar-refractivity contribution < 1.29 is 4.79 Å². The average molecular weight is 242 g/mol. The van der Waals surface area contributed by atoms with Crippen LogP contribution in [-0.2, 0) is 11.2 Å². The predicted molar refractivity (Wildman–Crippen MR) is 65.7 cm³/mol. The largest absolute Gasteiger partial charge is 0.369 e. The summed E-state index contributed by atoms with van der Waals surface area (Å²) in [6.45, 7) is 1.78. The molecule has 18 heavy (non-hydrogen) atoms. The van der Waals surface area contributed by atoms with Gasteiger partial charge in [-0.3, -0.25) is 4.79 Å². The Morgan fingerprint density at radius 2 is 2.44 bits per heavy atom. The fourth-order valence-corrected chi connectivity index (χ4v) is 2.78. The first-order valence-corrected chi connectivity index (χ1v) is 6.09. The lowest BCUT2D eigenvalue weighted by Crippen LogP contribution is -2.39. The van der Waals surface area contributed by atoms with E-state index in [-0.39, 0.29) is 5.78 Å². The number of Topliss-reactive ketones (excluding diaryl/α,β-unsaturated/α-hetero) is 1. The van der Waals surface area contributed by atoms with Crippen LogP contribution >= 0.6 is 0 Å². The number of nitrogens with one attached hydrogen (secondary N) is 1. The third-order valence-electron chi connectivity index (χ3n) is 3.92. The Labute approximate surface area is 105 Å². The Bertz CT molecular complexity index is 536. The van der Waals surface area contributed by atoms with E-state index in [4.69, 9.17) is 5.26 Å². The second kappa shape index (κ2) is 3.98. The zero-order chi connectivity index (χ0) is 12.6.